The number of nitrogens with zero attached hydrogens (tertiary/aromatic N) is 1. The summed E-state index contributed by atoms with van der Waals surface area (Å²) in [7, 11) is 1.61. The minimum Gasteiger partial charge on any atom is -0.486 e. The van der Waals surface area contributed by atoms with E-state index in [-0.39, 0.29) is 18.4 Å². The number of nitrogens with one attached hydrogen (secondary N) is 1. The Balaban J connectivity index is 1.48. The number of hydrogen-bond acceptors (Lipinski definition) is 5. The molecule has 8 heteroatoms. The molecule has 0 fully saturated rings. The summed E-state index contributed by atoms with van der Waals surface area (Å²) in [5, 5.41) is 5.15. The lowest BCUT2D eigenvalue weighted by atomic mass is 10.1. The molecule has 1 aromatic carbocycles. The summed E-state index contributed by atoms with van der Waals surface area (Å²) in [6, 6.07) is 7.24. The van der Waals surface area contributed by atoms with Gasteiger partial charge in [0.25, 0.3) is 5.91 Å². The van der Waals surface area contributed by atoms with Gasteiger partial charge in [-0.25, -0.2) is 0 Å². The van der Waals surface area contributed by atoms with E-state index in [1.807, 2.05) is 23.6 Å². The zero-order valence-corrected chi connectivity index (χ0v) is 15.9. The van der Waals surface area contributed by atoms with Gasteiger partial charge in [0.05, 0.1) is 16.4 Å². The molecule has 26 heavy (non-hydrogen) atoms. The number of fused-ring (bicyclic) bond motifs is 1. The second-order valence-corrected chi connectivity index (χ2v) is 7.20. The predicted octanol–water partition coefficient (Wildman–Crippen LogP) is 2.60. The standard InChI is InChI=1S/C18H19ClN2O4S/c1-21(18(23)15-3-2-8-26-15)11-16(22)20-5-4-12-9-13(19)17-14(10-12)24-6-7-25-17/h2-3,8-10H,4-7,11H2,1H3,(H,20,22). The van der Waals surface area contributed by atoms with Crippen LogP contribution in [0.5, 0.6) is 11.5 Å². The van der Waals surface area contributed by atoms with E-state index in [9.17, 15) is 9.59 Å². The van der Waals surface area contributed by atoms with E-state index < -0.39 is 0 Å². The van der Waals surface area contributed by atoms with Crippen LogP contribution in [0.3, 0.4) is 0 Å². The monoisotopic (exact) mass is 394 g/mol. The molecule has 0 saturated heterocycles. The van der Waals surface area contributed by atoms with Gasteiger partial charge in [-0.3, -0.25) is 9.59 Å². The molecule has 1 aromatic heterocycles. The smallest absolute Gasteiger partial charge is 0.264 e. The first-order chi connectivity index (χ1) is 12.5. The zero-order chi connectivity index (χ0) is 18.5. The predicted molar refractivity (Wildman–Crippen MR) is 100 cm³/mol. The average molecular weight is 395 g/mol. The third-order valence-electron chi connectivity index (χ3n) is 3.85. The largest absolute Gasteiger partial charge is 0.486 e. The number of likely N-dealkylation sites (N-methyl/N-ethyl adjacent to an activating group) is 1. The molecule has 0 bridgehead atoms. The van der Waals surface area contributed by atoms with Crippen LogP contribution in [0.2, 0.25) is 5.02 Å². The third-order valence-corrected chi connectivity index (χ3v) is 4.99. The van der Waals surface area contributed by atoms with Crippen LogP contribution in [0.15, 0.2) is 29.6 Å². The molecular formula is C18H19ClN2O4S. The number of carbonyl (C=O) groups excluding carboxylic acids is 2. The van der Waals surface area contributed by atoms with Gasteiger partial charge in [-0.05, 0) is 35.6 Å². The summed E-state index contributed by atoms with van der Waals surface area (Å²) in [4.78, 5) is 26.2. The van der Waals surface area contributed by atoms with Crippen LogP contribution in [0, 0.1) is 0 Å². The second kappa shape index (κ2) is 8.42. The Morgan fingerprint density at radius 3 is 2.88 bits per heavy atom. The number of benzene rings is 1. The summed E-state index contributed by atoms with van der Waals surface area (Å²) < 4.78 is 11.0. The molecule has 2 amide bonds. The maximum atomic E-state index is 12.1. The Labute approximate surface area is 160 Å². The van der Waals surface area contributed by atoms with E-state index in [0.717, 1.165) is 5.56 Å². The number of carbonyl (C=O) groups is 2. The number of rotatable bonds is 6. The number of hydrogen-bond donors (Lipinski definition) is 1. The van der Waals surface area contributed by atoms with Crippen molar-refractivity contribution in [3.8, 4) is 11.5 Å². The van der Waals surface area contributed by atoms with Crippen molar-refractivity contribution in [2.24, 2.45) is 0 Å². The van der Waals surface area contributed by atoms with Crippen molar-refractivity contribution in [3.05, 3.63) is 45.1 Å². The molecule has 0 saturated carbocycles. The lowest BCUT2D eigenvalue weighted by Crippen LogP contribution is -2.38. The van der Waals surface area contributed by atoms with Gasteiger partial charge >= 0.3 is 0 Å². The summed E-state index contributed by atoms with van der Waals surface area (Å²) in [6.07, 6.45) is 0.602. The fourth-order valence-electron chi connectivity index (χ4n) is 2.59. The van der Waals surface area contributed by atoms with E-state index in [2.05, 4.69) is 5.32 Å². The number of amides is 2. The SMILES string of the molecule is CN(CC(=O)NCCc1cc(Cl)c2c(c1)OCCO2)C(=O)c1cccs1. The molecule has 1 aliphatic rings. The van der Waals surface area contributed by atoms with Crippen molar-refractivity contribution in [1.29, 1.82) is 0 Å². The third kappa shape index (κ3) is 4.47. The molecule has 6 nitrogen and oxygen atoms in total. The van der Waals surface area contributed by atoms with Crippen LogP contribution >= 0.6 is 22.9 Å². The van der Waals surface area contributed by atoms with Gasteiger partial charge in [0.1, 0.15) is 13.2 Å². The highest BCUT2D eigenvalue weighted by Crippen LogP contribution is 2.38. The molecule has 2 heterocycles. The molecule has 2 aromatic rings. The highest BCUT2D eigenvalue weighted by atomic mass is 35.5. The second-order valence-electron chi connectivity index (χ2n) is 5.84. The fraction of sp³-hybridized carbons (Fsp3) is 0.333. The highest BCUT2D eigenvalue weighted by molar-refractivity contribution is 7.12. The maximum absolute atomic E-state index is 12.1. The van der Waals surface area contributed by atoms with Crippen molar-refractivity contribution >= 4 is 34.8 Å². The zero-order valence-electron chi connectivity index (χ0n) is 14.3. The molecule has 0 aliphatic carbocycles. The maximum Gasteiger partial charge on any atom is 0.264 e. The highest BCUT2D eigenvalue weighted by Gasteiger charge is 2.17. The Hall–Kier alpha value is -2.25. The Bertz CT molecular complexity index is 795. The van der Waals surface area contributed by atoms with Gasteiger partial charge in [0, 0.05) is 13.6 Å². The summed E-state index contributed by atoms with van der Waals surface area (Å²) in [5.74, 6) is 0.834. The lowest BCUT2D eigenvalue weighted by Gasteiger charge is -2.20. The van der Waals surface area contributed by atoms with Gasteiger partial charge in [0.15, 0.2) is 11.5 Å². The molecule has 0 atom stereocenters. The van der Waals surface area contributed by atoms with Gasteiger partial charge in [0.2, 0.25) is 5.91 Å². The van der Waals surface area contributed by atoms with Crippen molar-refractivity contribution in [1.82, 2.24) is 10.2 Å². The van der Waals surface area contributed by atoms with Gasteiger partial charge in [-0.15, -0.1) is 11.3 Å². The summed E-state index contributed by atoms with van der Waals surface area (Å²) in [6.45, 7) is 1.43. The molecule has 0 spiro atoms. The first-order valence-electron chi connectivity index (χ1n) is 8.18. The van der Waals surface area contributed by atoms with E-state index in [1.165, 1.54) is 16.2 Å². The lowest BCUT2D eigenvalue weighted by molar-refractivity contribution is -0.121. The summed E-state index contributed by atoms with van der Waals surface area (Å²) in [5.41, 5.74) is 0.947. The number of thiophene rings is 1. The molecule has 138 valence electrons. The number of halogens is 1. The quantitative estimate of drug-likeness (QED) is 0.817. The molecule has 1 aliphatic heterocycles. The van der Waals surface area contributed by atoms with Crippen molar-refractivity contribution in [2.45, 2.75) is 6.42 Å². The average Bonchev–Trinajstić information content (AvgIpc) is 3.15. The van der Waals surface area contributed by atoms with Crippen LogP contribution in [0.1, 0.15) is 15.2 Å². The van der Waals surface area contributed by atoms with Crippen LogP contribution in [-0.2, 0) is 11.2 Å². The van der Waals surface area contributed by atoms with Crippen LogP contribution in [0.4, 0.5) is 0 Å². The minimum absolute atomic E-state index is 0.0125. The van der Waals surface area contributed by atoms with Crippen LogP contribution < -0.4 is 14.8 Å². The fourth-order valence-corrected chi connectivity index (χ4v) is 3.59. The molecule has 0 radical (unpaired) electrons. The number of ether oxygens (including phenoxy) is 2. The van der Waals surface area contributed by atoms with E-state index in [4.69, 9.17) is 21.1 Å². The van der Waals surface area contributed by atoms with Crippen molar-refractivity contribution in [3.63, 3.8) is 0 Å². The molecule has 0 unspecified atom stereocenters. The Kier molecular flexibility index (Phi) is 6.00. The molecule has 1 N–H and O–H groups in total. The Morgan fingerprint density at radius 1 is 1.31 bits per heavy atom. The van der Waals surface area contributed by atoms with Crippen LogP contribution in [-0.4, -0.2) is 50.1 Å². The van der Waals surface area contributed by atoms with Crippen molar-refractivity contribution in [2.75, 3.05) is 33.4 Å². The van der Waals surface area contributed by atoms with E-state index in [0.29, 0.717) is 47.6 Å². The van der Waals surface area contributed by atoms with E-state index >= 15 is 0 Å². The van der Waals surface area contributed by atoms with E-state index in [1.54, 1.807) is 13.1 Å². The van der Waals surface area contributed by atoms with Gasteiger partial charge in [-0.2, -0.15) is 0 Å². The van der Waals surface area contributed by atoms with Crippen LogP contribution in [0.25, 0.3) is 0 Å². The minimum atomic E-state index is -0.207. The Morgan fingerprint density at radius 2 is 2.12 bits per heavy atom. The normalized spacial score (nSPS) is 12.5. The van der Waals surface area contributed by atoms with Gasteiger partial charge < -0.3 is 19.7 Å². The van der Waals surface area contributed by atoms with Gasteiger partial charge in [-0.1, -0.05) is 17.7 Å². The topological polar surface area (TPSA) is 67.9 Å². The first-order valence-corrected chi connectivity index (χ1v) is 9.44. The van der Waals surface area contributed by atoms with Crippen molar-refractivity contribution < 1.29 is 19.1 Å². The molecule has 3 rings (SSSR count). The first kappa shape index (κ1) is 18.5. The molecular weight excluding hydrogens is 376 g/mol. The summed E-state index contributed by atoms with van der Waals surface area (Å²) >= 11 is 7.56.